The average Bonchev–Trinajstić information content (AvgIpc) is 3.31. The molecular formula is C17H24INO3. The lowest BCUT2D eigenvalue weighted by molar-refractivity contribution is -0.199. The Labute approximate surface area is 146 Å². The summed E-state index contributed by atoms with van der Waals surface area (Å²) >= 11 is 2.26. The average molecular weight is 417 g/mol. The summed E-state index contributed by atoms with van der Waals surface area (Å²) in [5.41, 5.74) is 0.917. The molecule has 0 bridgehead atoms. The van der Waals surface area contributed by atoms with E-state index in [-0.39, 0.29) is 12.1 Å². The summed E-state index contributed by atoms with van der Waals surface area (Å²) in [4.78, 5) is 12.2. The Bertz CT molecular complexity index is 504. The highest BCUT2D eigenvalue weighted by atomic mass is 127. The molecule has 0 heterocycles. The van der Waals surface area contributed by atoms with E-state index >= 15 is 0 Å². The number of rotatable bonds is 8. The fourth-order valence-electron chi connectivity index (χ4n) is 2.45. The van der Waals surface area contributed by atoms with Gasteiger partial charge in [0.1, 0.15) is 0 Å². The van der Waals surface area contributed by atoms with Crippen LogP contribution in [0, 0.1) is 3.57 Å². The first-order chi connectivity index (χ1) is 10.6. The van der Waals surface area contributed by atoms with Crippen molar-refractivity contribution in [3.8, 4) is 0 Å². The van der Waals surface area contributed by atoms with Crippen LogP contribution in [-0.4, -0.2) is 19.2 Å². The van der Waals surface area contributed by atoms with Crippen LogP contribution in [0.5, 0.6) is 0 Å². The van der Waals surface area contributed by atoms with Crippen molar-refractivity contribution >= 4 is 28.7 Å². The Hall–Kier alpha value is -0.820. The topological polar surface area (TPSA) is 47.6 Å². The number of amides is 1. The van der Waals surface area contributed by atoms with Gasteiger partial charge in [0, 0.05) is 28.7 Å². The third kappa shape index (κ3) is 4.59. The van der Waals surface area contributed by atoms with E-state index in [1.807, 2.05) is 24.3 Å². The largest absolute Gasteiger partial charge is 0.412 e. The van der Waals surface area contributed by atoms with Crippen LogP contribution >= 0.6 is 22.6 Å². The summed E-state index contributed by atoms with van der Waals surface area (Å²) in [6.45, 7) is 2.15. The minimum atomic E-state index is -1.01. The van der Waals surface area contributed by atoms with E-state index in [0.717, 1.165) is 41.2 Å². The number of halogens is 1. The molecule has 0 spiro atoms. The highest BCUT2D eigenvalue weighted by molar-refractivity contribution is 14.1. The molecule has 5 heteroatoms. The molecule has 1 aromatic carbocycles. The summed E-state index contributed by atoms with van der Waals surface area (Å²) in [6.07, 6.45) is 5.49. The van der Waals surface area contributed by atoms with Crippen LogP contribution in [0.15, 0.2) is 24.3 Å². The highest BCUT2D eigenvalue weighted by Gasteiger charge is 2.39. The number of carbonyl (C=O) groups excluding carboxylic acids is 1. The second-order valence-electron chi connectivity index (χ2n) is 5.70. The van der Waals surface area contributed by atoms with Crippen molar-refractivity contribution in [1.29, 1.82) is 0 Å². The lowest BCUT2D eigenvalue weighted by atomic mass is 9.99. The van der Waals surface area contributed by atoms with Crippen molar-refractivity contribution in [3.63, 3.8) is 0 Å². The Morgan fingerprint density at radius 1 is 1.36 bits per heavy atom. The van der Waals surface area contributed by atoms with Crippen LogP contribution in [-0.2, 0) is 15.3 Å². The zero-order valence-corrected chi connectivity index (χ0v) is 15.4. The van der Waals surface area contributed by atoms with Crippen LogP contribution in [0.3, 0.4) is 0 Å². The monoisotopic (exact) mass is 417 g/mol. The van der Waals surface area contributed by atoms with E-state index in [4.69, 9.17) is 9.47 Å². The summed E-state index contributed by atoms with van der Waals surface area (Å²) in [6, 6.07) is 8.18. The molecule has 122 valence electrons. The minimum absolute atomic E-state index is 0.271. The van der Waals surface area contributed by atoms with Gasteiger partial charge < -0.3 is 14.8 Å². The molecule has 0 aromatic heterocycles. The first-order valence-corrected chi connectivity index (χ1v) is 8.99. The SMILES string of the molecule is CCCCC[C@](OC)(OC(=O)NC1CC1)c1ccccc1I. The fraction of sp³-hybridized carbons (Fsp3) is 0.588. The van der Waals surface area contributed by atoms with Gasteiger partial charge in [-0.2, -0.15) is 0 Å². The Morgan fingerprint density at radius 3 is 2.68 bits per heavy atom. The summed E-state index contributed by atoms with van der Waals surface area (Å²) < 4.78 is 12.6. The summed E-state index contributed by atoms with van der Waals surface area (Å²) in [5, 5.41) is 2.88. The lowest BCUT2D eigenvalue weighted by Crippen LogP contribution is -2.40. The van der Waals surface area contributed by atoms with Crippen LogP contribution in [0.25, 0.3) is 0 Å². The number of carbonyl (C=O) groups is 1. The molecule has 2 rings (SSSR count). The van der Waals surface area contributed by atoms with E-state index in [0.29, 0.717) is 6.42 Å². The van der Waals surface area contributed by atoms with E-state index < -0.39 is 5.79 Å². The third-order valence-corrected chi connectivity index (χ3v) is 4.82. The van der Waals surface area contributed by atoms with Gasteiger partial charge in [0.2, 0.25) is 5.79 Å². The van der Waals surface area contributed by atoms with Crippen molar-refractivity contribution < 1.29 is 14.3 Å². The molecule has 4 nitrogen and oxygen atoms in total. The van der Waals surface area contributed by atoms with Crippen LogP contribution < -0.4 is 5.32 Å². The summed E-state index contributed by atoms with van der Waals surface area (Å²) in [5.74, 6) is -1.01. The Balaban J connectivity index is 2.20. The van der Waals surface area contributed by atoms with Crippen molar-refractivity contribution in [2.45, 2.75) is 57.3 Å². The van der Waals surface area contributed by atoms with Gasteiger partial charge in [0.15, 0.2) is 0 Å². The van der Waals surface area contributed by atoms with Crippen molar-refractivity contribution in [2.24, 2.45) is 0 Å². The van der Waals surface area contributed by atoms with Gasteiger partial charge in [-0.15, -0.1) is 0 Å². The first-order valence-electron chi connectivity index (χ1n) is 7.91. The molecule has 1 aliphatic carbocycles. The Morgan fingerprint density at radius 2 is 2.09 bits per heavy atom. The molecule has 0 saturated heterocycles. The predicted molar refractivity (Wildman–Crippen MR) is 94.6 cm³/mol. The van der Waals surface area contributed by atoms with Gasteiger partial charge >= 0.3 is 6.09 Å². The third-order valence-electron chi connectivity index (χ3n) is 3.88. The number of methoxy groups -OCH3 is 1. The van der Waals surface area contributed by atoms with Crippen LogP contribution in [0.1, 0.15) is 51.0 Å². The number of alkyl carbamates (subject to hydrolysis) is 1. The number of hydrogen-bond donors (Lipinski definition) is 1. The molecule has 0 radical (unpaired) electrons. The first kappa shape index (κ1) is 17.5. The smallest absolute Gasteiger partial charge is 0.410 e. The number of unbranched alkanes of at least 4 members (excludes halogenated alkanes) is 2. The zero-order valence-electron chi connectivity index (χ0n) is 13.2. The van der Waals surface area contributed by atoms with Crippen LogP contribution in [0.2, 0.25) is 0 Å². The van der Waals surface area contributed by atoms with Crippen molar-refractivity contribution in [3.05, 3.63) is 33.4 Å². The van der Waals surface area contributed by atoms with Crippen molar-refractivity contribution in [2.75, 3.05) is 7.11 Å². The number of benzene rings is 1. The van der Waals surface area contributed by atoms with E-state index in [2.05, 4.69) is 34.8 Å². The minimum Gasteiger partial charge on any atom is -0.412 e. The predicted octanol–water partition coefficient (Wildman–Crippen LogP) is 4.56. The zero-order chi connectivity index (χ0) is 16.0. The summed E-state index contributed by atoms with van der Waals surface area (Å²) in [7, 11) is 1.61. The molecular weight excluding hydrogens is 393 g/mol. The lowest BCUT2D eigenvalue weighted by Gasteiger charge is -2.33. The van der Waals surface area contributed by atoms with Gasteiger partial charge in [-0.05, 0) is 47.9 Å². The molecule has 1 atom stereocenters. The van der Waals surface area contributed by atoms with E-state index in [1.165, 1.54) is 0 Å². The molecule has 1 N–H and O–H groups in total. The van der Waals surface area contributed by atoms with Gasteiger partial charge in [-0.1, -0.05) is 38.0 Å². The molecule has 1 aliphatic rings. The van der Waals surface area contributed by atoms with E-state index in [1.54, 1.807) is 7.11 Å². The van der Waals surface area contributed by atoms with Gasteiger partial charge in [0.25, 0.3) is 0 Å². The molecule has 22 heavy (non-hydrogen) atoms. The van der Waals surface area contributed by atoms with E-state index in [9.17, 15) is 4.79 Å². The highest BCUT2D eigenvalue weighted by Crippen LogP contribution is 2.36. The molecule has 1 amide bonds. The Kier molecular flexibility index (Phi) is 6.50. The maximum atomic E-state index is 12.2. The number of hydrogen-bond acceptors (Lipinski definition) is 3. The number of ether oxygens (including phenoxy) is 2. The second-order valence-corrected chi connectivity index (χ2v) is 6.86. The molecule has 0 unspecified atom stereocenters. The van der Waals surface area contributed by atoms with Gasteiger partial charge in [-0.3, -0.25) is 0 Å². The molecule has 1 fully saturated rings. The normalized spacial score (nSPS) is 16.9. The molecule has 1 aromatic rings. The molecule has 1 saturated carbocycles. The molecule has 0 aliphatic heterocycles. The maximum absolute atomic E-state index is 12.2. The maximum Gasteiger partial charge on any atom is 0.410 e. The van der Waals surface area contributed by atoms with Crippen molar-refractivity contribution in [1.82, 2.24) is 5.32 Å². The standard InChI is InChI=1S/C17H24INO3/c1-3-4-7-12-17(21-2,14-8-5-6-9-15(14)18)22-16(20)19-13-10-11-13/h5-6,8-9,13H,3-4,7,10-12H2,1-2H3,(H,19,20)/t17-/m0/s1. The quantitative estimate of drug-likeness (QED) is 0.383. The second kappa shape index (κ2) is 8.15. The van der Waals surface area contributed by atoms with Gasteiger partial charge in [-0.25, -0.2) is 4.79 Å². The fourth-order valence-corrected chi connectivity index (χ4v) is 3.24. The van der Waals surface area contributed by atoms with Gasteiger partial charge in [0.05, 0.1) is 0 Å². The number of nitrogens with one attached hydrogen (secondary N) is 1. The van der Waals surface area contributed by atoms with Crippen LogP contribution in [0.4, 0.5) is 4.79 Å².